The van der Waals surface area contributed by atoms with Crippen molar-refractivity contribution in [3.05, 3.63) is 95.2 Å². The minimum Gasteiger partial charge on any atom is -0.493 e. The van der Waals surface area contributed by atoms with E-state index in [1.54, 1.807) is 30.3 Å². The van der Waals surface area contributed by atoms with Gasteiger partial charge in [0.05, 0.1) is 30.8 Å². The van der Waals surface area contributed by atoms with E-state index < -0.39 is 23.9 Å². The number of ether oxygens (including phenoxy) is 1. The Morgan fingerprint density at radius 3 is 2.65 bits per heavy atom. The van der Waals surface area contributed by atoms with Gasteiger partial charge in [-0.25, -0.2) is 15.0 Å². The maximum Gasteiger partial charge on any atom is 0.347 e. The quantitative estimate of drug-likeness (QED) is 0.0221. The number of aliphatic carboxylic acids is 1. The molecule has 0 fully saturated rings. The molecular formula is C34H37N5O9S. The largest absolute Gasteiger partial charge is 0.493 e. The van der Waals surface area contributed by atoms with Gasteiger partial charge < -0.3 is 20.5 Å². The minimum atomic E-state index is -1.64. The zero-order chi connectivity index (χ0) is 35.0. The summed E-state index contributed by atoms with van der Waals surface area (Å²) in [6.45, 7) is 4.43. The number of Topliss-reactive ketones (excluding diaryl/α,β-unsaturated/α-hetero) is 1. The molecule has 1 aromatic heterocycles. The van der Waals surface area contributed by atoms with E-state index in [0.717, 1.165) is 52.9 Å². The van der Waals surface area contributed by atoms with Gasteiger partial charge in [-0.3, -0.25) is 14.4 Å². The van der Waals surface area contributed by atoms with E-state index >= 15 is 0 Å². The van der Waals surface area contributed by atoms with Crippen molar-refractivity contribution in [2.24, 2.45) is 10.2 Å². The van der Waals surface area contributed by atoms with Crippen molar-refractivity contribution in [1.29, 1.82) is 0 Å². The summed E-state index contributed by atoms with van der Waals surface area (Å²) in [7, 11) is 0. The number of pyridine rings is 1. The second kappa shape index (κ2) is 19.1. The number of carboxylic acid groups (broad SMARTS) is 1. The van der Waals surface area contributed by atoms with E-state index in [0.29, 0.717) is 43.6 Å². The summed E-state index contributed by atoms with van der Waals surface area (Å²) >= 11 is 0.803. The summed E-state index contributed by atoms with van der Waals surface area (Å²) in [5.74, 6) is -1.60. The molecule has 1 atom stereocenters. The van der Waals surface area contributed by atoms with Gasteiger partial charge >= 0.3 is 5.97 Å². The monoisotopic (exact) mass is 691 g/mol. The third-order valence-electron chi connectivity index (χ3n) is 7.55. The van der Waals surface area contributed by atoms with Crippen LogP contribution < -0.4 is 15.4 Å². The van der Waals surface area contributed by atoms with Gasteiger partial charge in [-0.1, -0.05) is 29.3 Å². The summed E-state index contributed by atoms with van der Waals surface area (Å²) in [5.41, 5.74) is 3.61. The van der Waals surface area contributed by atoms with Crippen molar-refractivity contribution in [1.82, 2.24) is 15.6 Å². The highest BCUT2D eigenvalue weighted by molar-refractivity contribution is 7.94. The predicted octanol–water partition coefficient (Wildman–Crippen LogP) is 5.94. The topological polar surface area (TPSA) is 198 Å². The van der Waals surface area contributed by atoms with Crippen LogP contribution in [0.3, 0.4) is 0 Å². The lowest BCUT2D eigenvalue weighted by molar-refractivity contribution is -0.432. The molecule has 15 heteroatoms. The van der Waals surface area contributed by atoms with Crippen LogP contribution in [-0.4, -0.2) is 51.7 Å². The molecule has 0 unspecified atom stereocenters. The Kier molecular flexibility index (Phi) is 14.4. The SMILES string of the molecule is C=CCc1c(OCCCCCC(=O)N[C@@H](NC(=O)c2ccc(N=NCc3ccccc3SOOO)nc2)C(=O)O)ccc2c1CCCC2=O. The molecule has 3 aromatic rings. The Morgan fingerprint density at radius 1 is 1.06 bits per heavy atom. The fourth-order valence-electron chi connectivity index (χ4n) is 5.17. The molecule has 49 heavy (non-hydrogen) atoms. The van der Waals surface area contributed by atoms with Gasteiger partial charge in [-0.05, 0) is 80.0 Å². The summed E-state index contributed by atoms with van der Waals surface area (Å²) in [4.78, 5) is 53.9. The van der Waals surface area contributed by atoms with Crippen molar-refractivity contribution in [2.75, 3.05) is 6.61 Å². The number of allylic oxidation sites excluding steroid dienone is 1. The number of hydrogen-bond acceptors (Lipinski definition) is 12. The molecule has 0 aliphatic heterocycles. The maximum absolute atomic E-state index is 12.7. The van der Waals surface area contributed by atoms with E-state index in [-0.39, 0.29) is 30.1 Å². The Bertz CT molecular complexity index is 1670. The Hall–Kier alpha value is -4.96. The van der Waals surface area contributed by atoms with Gasteiger partial charge in [0.25, 0.3) is 5.91 Å². The van der Waals surface area contributed by atoms with Gasteiger partial charge in [0.1, 0.15) is 5.75 Å². The lowest BCUT2D eigenvalue weighted by atomic mass is 9.86. The van der Waals surface area contributed by atoms with E-state index in [1.165, 1.54) is 18.3 Å². The van der Waals surface area contributed by atoms with E-state index in [4.69, 9.17) is 9.99 Å². The second-order valence-electron chi connectivity index (χ2n) is 10.9. The number of amides is 2. The van der Waals surface area contributed by atoms with Crippen LogP contribution in [0.2, 0.25) is 0 Å². The number of hydrogen-bond donors (Lipinski definition) is 4. The normalized spacial score (nSPS) is 13.0. The highest BCUT2D eigenvalue weighted by Gasteiger charge is 2.24. The molecule has 0 saturated carbocycles. The number of nitrogens with zero attached hydrogens (tertiary/aromatic N) is 3. The Balaban J connectivity index is 1.19. The number of carbonyl (C=O) groups is 4. The summed E-state index contributed by atoms with van der Waals surface area (Å²) in [6, 6.07) is 13.6. The molecule has 4 N–H and O–H groups in total. The van der Waals surface area contributed by atoms with E-state index in [1.807, 2.05) is 12.1 Å². The number of rotatable bonds is 19. The molecule has 14 nitrogen and oxygen atoms in total. The van der Waals surface area contributed by atoms with Crippen LogP contribution in [0, 0.1) is 0 Å². The standard InChI is InChI=1S/C34H37N5O9S/c1-2-9-26-24-11-8-12-27(40)25(24)16-17-28(26)46-19-7-3-4-14-31(41)37-32(34(43)44)38-33(42)23-15-18-30(35-20-23)39-36-21-22-10-5-6-13-29(22)49-48-47-45/h2,5-6,10,13,15-18,20,32,45H,1,3-4,7-9,11-12,14,19,21H2,(H,37,41)(H,38,42)(H,43,44)/t32-/m0/s1. The van der Waals surface area contributed by atoms with Crippen molar-refractivity contribution in [3.8, 4) is 5.75 Å². The Morgan fingerprint density at radius 2 is 1.90 bits per heavy atom. The molecule has 0 radical (unpaired) electrons. The summed E-state index contributed by atoms with van der Waals surface area (Å²) < 4.78 is 10.5. The van der Waals surface area contributed by atoms with Crippen molar-refractivity contribution in [3.63, 3.8) is 0 Å². The average Bonchev–Trinajstić information content (AvgIpc) is 3.10. The number of fused-ring (bicyclic) bond motifs is 1. The third-order valence-corrected chi connectivity index (χ3v) is 8.26. The molecule has 0 bridgehead atoms. The van der Waals surface area contributed by atoms with Crippen LogP contribution in [0.5, 0.6) is 5.75 Å². The second-order valence-corrected chi connectivity index (χ2v) is 11.7. The molecule has 4 rings (SSSR count). The molecule has 0 saturated heterocycles. The van der Waals surface area contributed by atoms with Gasteiger partial charge in [0, 0.05) is 35.1 Å². The van der Waals surface area contributed by atoms with E-state index in [2.05, 4.69) is 41.8 Å². The van der Waals surface area contributed by atoms with Crippen LogP contribution in [0.25, 0.3) is 0 Å². The number of nitrogens with one attached hydrogen (secondary N) is 2. The lowest BCUT2D eigenvalue weighted by Gasteiger charge is -2.21. The zero-order valence-corrected chi connectivity index (χ0v) is 27.4. The maximum atomic E-state index is 12.7. The van der Waals surface area contributed by atoms with Crippen LogP contribution >= 0.6 is 12.0 Å². The first-order chi connectivity index (χ1) is 23.8. The number of carbonyl (C=O) groups excluding carboxylic acids is 3. The summed E-state index contributed by atoms with van der Waals surface area (Å²) in [5, 5.41) is 34.3. The van der Waals surface area contributed by atoms with Crippen LogP contribution in [0.4, 0.5) is 5.82 Å². The molecule has 2 amide bonds. The molecule has 2 aromatic carbocycles. The van der Waals surface area contributed by atoms with Crippen molar-refractivity contribution in [2.45, 2.75) is 69.0 Å². The third kappa shape index (κ3) is 11.0. The van der Waals surface area contributed by atoms with Crippen LogP contribution in [-0.2, 0) is 38.3 Å². The molecule has 1 heterocycles. The number of azo groups is 1. The fourth-order valence-corrected chi connectivity index (χ4v) is 5.64. The average molecular weight is 692 g/mol. The molecule has 1 aliphatic carbocycles. The molecular weight excluding hydrogens is 654 g/mol. The zero-order valence-electron chi connectivity index (χ0n) is 26.6. The smallest absolute Gasteiger partial charge is 0.347 e. The van der Waals surface area contributed by atoms with Crippen LogP contribution in [0.15, 0.2) is 82.5 Å². The Labute approximate surface area is 287 Å². The highest BCUT2D eigenvalue weighted by atomic mass is 32.2. The minimum absolute atomic E-state index is 0.0594. The molecule has 1 aliphatic rings. The molecule has 258 valence electrons. The first kappa shape index (κ1) is 36.9. The van der Waals surface area contributed by atoms with E-state index in [9.17, 15) is 24.3 Å². The first-order valence-electron chi connectivity index (χ1n) is 15.6. The van der Waals surface area contributed by atoms with Crippen molar-refractivity contribution < 1.29 is 43.7 Å². The highest BCUT2D eigenvalue weighted by Crippen LogP contribution is 2.32. The fraction of sp³-hybridized carbons (Fsp3) is 0.324. The molecule has 0 spiro atoms. The van der Waals surface area contributed by atoms with Gasteiger partial charge in [0.2, 0.25) is 12.1 Å². The number of carboxylic acids is 1. The van der Waals surface area contributed by atoms with Gasteiger partial charge in [0.15, 0.2) is 11.6 Å². The predicted molar refractivity (Wildman–Crippen MR) is 178 cm³/mol. The summed E-state index contributed by atoms with van der Waals surface area (Å²) in [6.07, 6.45) is 6.09. The number of aromatic nitrogens is 1. The first-order valence-corrected chi connectivity index (χ1v) is 16.4. The number of ketones is 1. The van der Waals surface area contributed by atoms with Gasteiger partial charge in [-0.2, -0.15) is 5.11 Å². The van der Waals surface area contributed by atoms with Gasteiger partial charge in [-0.15, -0.1) is 16.0 Å². The van der Waals surface area contributed by atoms with Crippen LogP contribution in [0.1, 0.15) is 75.9 Å². The number of benzene rings is 2. The lowest BCUT2D eigenvalue weighted by Crippen LogP contribution is -2.52. The number of unbranched alkanes of at least 4 members (excludes halogenated alkanes) is 2. The van der Waals surface area contributed by atoms with Crippen molar-refractivity contribution >= 4 is 41.4 Å².